The Morgan fingerprint density at radius 3 is 2.00 bits per heavy atom. The molecule has 0 unspecified atom stereocenters. The molecule has 0 radical (unpaired) electrons. The first-order chi connectivity index (χ1) is 6.32. The van der Waals surface area contributed by atoms with Crippen molar-refractivity contribution in [2.75, 3.05) is 0 Å². The first kappa shape index (κ1) is 15.9. The molecule has 0 bridgehead atoms. The Labute approximate surface area is 131 Å². The summed E-state index contributed by atoms with van der Waals surface area (Å²) in [6.45, 7) is -5.24. The predicted octanol–water partition coefficient (Wildman–Crippen LogP) is 0.336. The molecule has 1 rings (SSSR count). The van der Waals surface area contributed by atoms with E-state index < -0.39 is 29.5 Å². The van der Waals surface area contributed by atoms with Crippen LogP contribution in [0.2, 0.25) is 5.02 Å². The van der Waals surface area contributed by atoms with Crippen molar-refractivity contribution in [3.05, 3.63) is 28.8 Å². The van der Waals surface area contributed by atoms with Gasteiger partial charge in [0, 0.05) is 10.6 Å². The second kappa shape index (κ2) is 5.97. The number of alkyl halides is 2. The van der Waals surface area contributed by atoms with Gasteiger partial charge in [-0.2, -0.15) is 0 Å². The minimum Gasteiger partial charge on any atom is -0.445 e. The van der Waals surface area contributed by atoms with E-state index >= 15 is 0 Å². The Kier molecular flexibility index (Phi) is 6.32. The summed E-state index contributed by atoms with van der Waals surface area (Å²) in [5.74, 6) is 0. The van der Waals surface area contributed by atoms with Gasteiger partial charge in [-0.25, -0.2) is 8.78 Å². The van der Waals surface area contributed by atoms with E-state index in [1.165, 1.54) is 0 Å². The zero-order chi connectivity index (χ0) is 10.9. The summed E-state index contributed by atoms with van der Waals surface area (Å²) in [7, 11) is 0. The van der Waals surface area contributed by atoms with Crippen LogP contribution < -0.4 is 56.8 Å². The number of benzene rings is 1. The average molecular weight is 268 g/mol. The quantitative estimate of drug-likeness (QED) is 0.536. The van der Waals surface area contributed by atoms with E-state index in [0.29, 0.717) is 12.1 Å². The average Bonchev–Trinajstić information content (AvgIpc) is 2.01. The second-order valence-corrected chi connectivity index (χ2v) is 3.06. The summed E-state index contributed by atoms with van der Waals surface area (Å²) in [5.41, 5.74) is -1.56. The molecule has 0 aliphatic rings. The van der Waals surface area contributed by atoms with Crippen LogP contribution in [0.1, 0.15) is 12.0 Å². The number of halogens is 6. The van der Waals surface area contributed by atoms with Crippen LogP contribution in [0.4, 0.5) is 21.7 Å². The fraction of sp³-hybridized carbons (Fsp3) is 0.143. The molecule has 0 amide bonds. The fourth-order valence-electron chi connectivity index (χ4n) is 0.945. The Morgan fingerprint density at radius 1 is 1.13 bits per heavy atom. The van der Waals surface area contributed by atoms with Crippen molar-refractivity contribution in [2.24, 2.45) is 0 Å². The topological polar surface area (TPSA) is 0 Å². The molecule has 0 aromatic heterocycles. The molecule has 1 aromatic rings. The molecule has 0 spiro atoms. The number of hydrogen-bond acceptors (Lipinski definition) is 0. The van der Waals surface area contributed by atoms with Gasteiger partial charge in [0.15, 0.2) is 0 Å². The van der Waals surface area contributed by atoms with Gasteiger partial charge in [0.2, 0.25) is 0 Å². The van der Waals surface area contributed by atoms with Crippen LogP contribution >= 0.6 is 11.6 Å². The molecular weight excluding hydrogens is 264 g/mol. The van der Waals surface area contributed by atoms with E-state index in [1.54, 1.807) is 0 Å². The molecule has 0 nitrogen and oxygen atoms in total. The maximum absolute atomic E-state index is 12.2. The smallest absolute Gasteiger partial charge is 0.445 e. The van der Waals surface area contributed by atoms with E-state index in [1.807, 2.05) is 0 Å². The maximum Gasteiger partial charge on any atom is 1.00 e. The van der Waals surface area contributed by atoms with Gasteiger partial charge in [-0.15, -0.1) is 0 Å². The van der Waals surface area contributed by atoms with E-state index in [9.17, 15) is 21.7 Å². The van der Waals surface area contributed by atoms with Crippen molar-refractivity contribution >= 4 is 24.0 Å². The first-order valence-corrected chi connectivity index (χ1v) is 3.97. The molecule has 0 N–H and O–H groups in total. The van der Waals surface area contributed by atoms with Gasteiger partial charge in [-0.05, 0) is 6.07 Å². The van der Waals surface area contributed by atoms with Crippen molar-refractivity contribution in [1.82, 2.24) is 0 Å². The van der Waals surface area contributed by atoms with Crippen molar-refractivity contribution in [3.63, 3.8) is 0 Å². The van der Waals surface area contributed by atoms with Gasteiger partial charge in [0.1, 0.15) is 0 Å². The van der Waals surface area contributed by atoms with E-state index in [2.05, 4.69) is 0 Å². The summed E-state index contributed by atoms with van der Waals surface area (Å²) >= 11 is 5.22. The molecule has 0 saturated carbocycles. The Bertz CT molecular complexity index is 341. The summed E-state index contributed by atoms with van der Waals surface area (Å²) in [6.07, 6.45) is -2.82. The predicted molar refractivity (Wildman–Crippen MR) is 45.1 cm³/mol. The van der Waals surface area contributed by atoms with Crippen molar-refractivity contribution in [3.8, 4) is 0 Å². The van der Waals surface area contributed by atoms with E-state index in [4.69, 9.17) is 11.6 Å². The Balaban J connectivity index is 0.00000196. The Morgan fingerprint density at radius 2 is 1.67 bits per heavy atom. The molecular formula is C7H4BClF5K. The molecule has 0 atom stereocenters. The van der Waals surface area contributed by atoms with Crippen LogP contribution in [-0.2, 0) is 0 Å². The van der Waals surface area contributed by atoms with Crippen LogP contribution in [0.15, 0.2) is 18.2 Å². The molecule has 15 heavy (non-hydrogen) atoms. The van der Waals surface area contributed by atoms with E-state index in [-0.39, 0.29) is 51.4 Å². The fourth-order valence-corrected chi connectivity index (χ4v) is 1.26. The zero-order valence-corrected chi connectivity index (χ0v) is 11.5. The molecule has 0 heterocycles. The molecule has 8 heteroatoms. The molecule has 78 valence electrons. The first-order valence-electron chi connectivity index (χ1n) is 3.60. The summed E-state index contributed by atoms with van der Waals surface area (Å²) in [6, 6.07) is 1.93. The minimum atomic E-state index is -5.24. The normalized spacial score (nSPS) is 11.4. The summed E-state index contributed by atoms with van der Waals surface area (Å²) < 4.78 is 60.6. The number of rotatable bonds is 2. The van der Waals surface area contributed by atoms with Crippen molar-refractivity contribution < 1.29 is 73.1 Å². The van der Waals surface area contributed by atoms with Crippen molar-refractivity contribution in [1.29, 1.82) is 0 Å². The molecule has 0 aliphatic heterocycles. The molecule has 0 saturated heterocycles. The zero-order valence-electron chi connectivity index (χ0n) is 7.65. The number of hydrogen-bond donors (Lipinski definition) is 0. The molecule has 1 aromatic carbocycles. The molecule has 0 fully saturated rings. The second-order valence-electron chi connectivity index (χ2n) is 2.66. The third-order valence-electron chi connectivity index (χ3n) is 1.63. The largest absolute Gasteiger partial charge is 1.00 e. The van der Waals surface area contributed by atoms with Gasteiger partial charge in [-0.3, -0.25) is 0 Å². The monoisotopic (exact) mass is 268 g/mol. The minimum absolute atomic E-state index is 0. The third kappa shape index (κ3) is 4.32. The standard InChI is InChI=1S/C7H4BClF5.K/c9-6-3-4(7(10)11)1-2-5(6)8(12,13)14;/h1-3,7H;/q-1;+1. The van der Waals surface area contributed by atoms with Crippen LogP contribution in [0.25, 0.3) is 0 Å². The van der Waals surface area contributed by atoms with Gasteiger partial charge in [0.25, 0.3) is 6.43 Å². The van der Waals surface area contributed by atoms with E-state index in [0.717, 1.165) is 6.07 Å². The third-order valence-corrected chi connectivity index (χ3v) is 1.96. The summed E-state index contributed by atoms with van der Waals surface area (Å²) in [5, 5.41) is -0.685. The van der Waals surface area contributed by atoms with Gasteiger partial charge in [0.05, 0.1) is 0 Å². The summed E-state index contributed by atoms with van der Waals surface area (Å²) in [4.78, 5) is 0. The van der Waals surface area contributed by atoms with Crippen LogP contribution in [-0.4, -0.2) is 6.98 Å². The molecule has 0 aliphatic carbocycles. The maximum atomic E-state index is 12.2. The van der Waals surface area contributed by atoms with Gasteiger partial charge < -0.3 is 12.9 Å². The van der Waals surface area contributed by atoms with Crippen molar-refractivity contribution in [2.45, 2.75) is 6.43 Å². The van der Waals surface area contributed by atoms with Gasteiger partial charge >= 0.3 is 58.4 Å². The van der Waals surface area contributed by atoms with Crippen LogP contribution in [0, 0.1) is 0 Å². The SMILES string of the molecule is FC(F)c1ccc([B-](F)(F)F)c(Cl)c1.[K+]. The Hall–Kier alpha value is 0.861. The van der Waals surface area contributed by atoms with Gasteiger partial charge in [-0.1, -0.05) is 29.2 Å². The van der Waals surface area contributed by atoms with Crippen LogP contribution in [0.3, 0.4) is 0 Å². The van der Waals surface area contributed by atoms with Crippen LogP contribution in [0.5, 0.6) is 0 Å².